The van der Waals surface area contributed by atoms with E-state index in [0.717, 1.165) is 24.3 Å². The van der Waals surface area contributed by atoms with Crippen LogP contribution in [0.1, 0.15) is 55.3 Å². The van der Waals surface area contributed by atoms with E-state index in [4.69, 9.17) is 9.47 Å². The van der Waals surface area contributed by atoms with Crippen molar-refractivity contribution < 1.29 is 19.1 Å². The maximum absolute atomic E-state index is 12.4. The van der Waals surface area contributed by atoms with Gasteiger partial charge < -0.3 is 20.1 Å². The number of amides is 2. The maximum atomic E-state index is 12.4. The average Bonchev–Trinajstić information content (AvgIpc) is 2.79. The highest BCUT2D eigenvalue weighted by molar-refractivity contribution is 5.96. The van der Waals surface area contributed by atoms with Crippen LogP contribution in [0.15, 0.2) is 48.5 Å². The number of ether oxygens (including phenoxy) is 2. The van der Waals surface area contributed by atoms with Gasteiger partial charge in [-0.1, -0.05) is 31.4 Å². The molecule has 2 aromatic rings. The monoisotopic (exact) mass is 408 g/mol. The second-order valence-corrected chi connectivity index (χ2v) is 7.97. The number of hydrogen-bond acceptors (Lipinski definition) is 4. The number of nitrogens with one attached hydrogen (secondary N) is 2. The molecule has 0 aromatic heterocycles. The van der Waals surface area contributed by atoms with Crippen LogP contribution in [0, 0.1) is 0 Å². The van der Waals surface area contributed by atoms with Crippen LogP contribution in [-0.2, 0) is 4.79 Å². The molecule has 6 nitrogen and oxygen atoms in total. The van der Waals surface area contributed by atoms with Crippen LogP contribution in [0.25, 0.3) is 0 Å². The van der Waals surface area contributed by atoms with Gasteiger partial charge in [-0.25, -0.2) is 0 Å². The zero-order valence-corrected chi connectivity index (χ0v) is 17.1. The molecule has 0 bridgehead atoms. The van der Waals surface area contributed by atoms with E-state index < -0.39 is 0 Å². The third kappa shape index (κ3) is 5.32. The first-order valence-corrected chi connectivity index (χ1v) is 10.8. The van der Waals surface area contributed by atoms with Crippen LogP contribution < -0.4 is 20.1 Å². The molecular formula is C24H28N2O4. The normalized spacial score (nSPS) is 18.5. The number of benzene rings is 2. The lowest BCUT2D eigenvalue weighted by Crippen LogP contribution is -2.36. The Morgan fingerprint density at radius 1 is 0.933 bits per heavy atom. The number of para-hydroxylation sites is 2. The Balaban J connectivity index is 1.22. The van der Waals surface area contributed by atoms with Crippen molar-refractivity contribution in [1.29, 1.82) is 0 Å². The van der Waals surface area contributed by atoms with Crippen LogP contribution in [0.2, 0.25) is 0 Å². The van der Waals surface area contributed by atoms with Gasteiger partial charge in [0, 0.05) is 23.7 Å². The Kier molecular flexibility index (Phi) is 6.52. The van der Waals surface area contributed by atoms with Gasteiger partial charge in [0.2, 0.25) is 5.91 Å². The van der Waals surface area contributed by atoms with Gasteiger partial charge in [0.05, 0.1) is 0 Å². The second kappa shape index (κ2) is 9.65. The van der Waals surface area contributed by atoms with Gasteiger partial charge in [0.25, 0.3) is 5.91 Å². The van der Waals surface area contributed by atoms with Gasteiger partial charge in [-0.15, -0.1) is 0 Å². The van der Waals surface area contributed by atoms with Crippen LogP contribution in [0.4, 0.5) is 5.69 Å². The summed E-state index contributed by atoms with van der Waals surface area (Å²) in [4.78, 5) is 24.7. The molecule has 1 heterocycles. The van der Waals surface area contributed by atoms with Crippen molar-refractivity contribution in [3.63, 3.8) is 0 Å². The first-order chi connectivity index (χ1) is 14.7. The summed E-state index contributed by atoms with van der Waals surface area (Å²) in [5, 5.41) is 5.99. The quantitative estimate of drug-likeness (QED) is 0.747. The highest BCUT2D eigenvalue weighted by Gasteiger charge is 2.21. The van der Waals surface area contributed by atoms with Crippen molar-refractivity contribution in [3.8, 4) is 11.5 Å². The van der Waals surface area contributed by atoms with E-state index in [0.29, 0.717) is 30.7 Å². The minimum absolute atomic E-state index is 0.0468. The summed E-state index contributed by atoms with van der Waals surface area (Å²) in [6.07, 6.45) is 6.50. The van der Waals surface area contributed by atoms with E-state index in [1.807, 2.05) is 24.3 Å². The van der Waals surface area contributed by atoms with Gasteiger partial charge in [-0.3, -0.25) is 9.59 Å². The average molecular weight is 408 g/mol. The molecule has 4 rings (SSSR count). The number of anilines is 1. The number of fused-ring (bicyclic) bond motifs is 1. The van der Waals surface area contributed by atoms with Crippen LogP contribution in [-0.4, -0.2) is 30.6 Å². The van der Waals surface area contributed by atoms with Crippen LogP contribution in [0.3, 0.4) is 0 Å². The molecule has 2 amide bonds. The molecule has 1 saturated carbocycles. The summed E-state index contributed by atoms with van der Waals surface area (Å²) in [5.41, 5.74) is 1.30. The number of rotatable bonds is 6. The zero-order valence-electron chi connectivity index (χ0n) is 17.1. The maximum Gasteiger partial charge on any atom is 0.251 e. The van der Waals surface area contributed by atoms with E-state index in [2.05, 4.69) is 10.6 Å². The van der Waals surface area contributed by atoms with Crippen molar-refractivity contribution in [2.45, 2.75) is 57.1 Å². The Morgan fingerprint density at radius 3 is 2.43 bits per heavy atom. The van der Waals surface area contributed by atoms with E-state index in [9.17, 15) is 9.59 Å². The van der Waals surface area contributed by atoms with Gasteiger partial charge in [0.1, 0.15) is 12.7 Å². The summed E-state index contributed by atoms with van der Waals surface area (Å²) in [5.74, 6) is 1.33. The fourth-order valence-corrected chi connectivity index (χ4v) is 3.94. The smallest absolute Gasteiger partial charge is 0.251 e. The third-order valence-electron chi connectivity index (χ3n) is 5.63. The first-order valence-electron chi connectivity index (χ1n) is 10.8. The lowest BCUT2D eigenvalue weighted by Gasteiger charge is -2.26. The van der Waals surface area contributed by atoms with Gasteiger partial charge in [-0.2, -0.15) is 0 Å². The molecular weight excluding hydrogens is 380 g/mol. The Bertz CT molecular complexity index is 875. The highest BCUT2D eigenvalue weighted by Crippen LogP contribution is 2.31. The number of carbonyl (C=O) groups is 2. The van der Waals surface area contributed by atoms with E-state index >= 15 is 0 Å². The summed E-state index contributed by atoms with van der Waals surface area (Å²) < 4.78 is 11.6. The fraction of sp³-hybridized carbons (Fsp3) is 0.417. The molecule has 1 aliphatic carbocycles. The molecule has 1 aliphatic heterocycles. The molecule has 30 heavy (non-hydrogen) atoms. The number of carbonyl (C=O) groups excluding carboxylic acids is 2. The molecule has 0 radical (unpaired) electrons. The first kappa shape index (κ1) is 20.3. The van der Waals surface area contributed by atoms with Crippen molar-refractivity contribution >= 4 is 17.5 Å². The summed E-state index contributed by atoms with van der Waals surface area (Å²) in [7, 11) is 0. The topological polar surface area (TPSA) is 76.7 Å². The van der Waals surface area contributed by atoms with Crippen molar-refractivity contribution in [2.24, 2.45) is 0 Å². The Labute approximate surface area is 177 Å². The molecule has 0 spiro atoms. The van der Waals surface area contributed by atoms with Gasteiger partial charge in [-0.05, 0) is 55.7 Å². The van der Waals surface area contributed by atoms with E-state index in [1.54, 1.807) is 24.3 Å². The third-order valence-corrected chi connectivity index (χ3v) is 5.63. The van der Waals surface area contributed by atoms with Crippen molar-refractivity contribution in [3.05, 3.63) is 54.1 Å². The minimum Gasteiger partial charge on any atom is -0.486 e. The molecule has 0 unspecified atom stereocenters. The van der Waals surface area contributed by atoms with Crippen molar-refractivity contribution in [1.82, 2.24) is 5.32 Å². The molecule has 1 fully saturated rings. The lowest BCUT2D eigenvalue weighted by atomic mass is 9.95. The van der Waals surface area contributed by atoms with Gasteiger partial charge in [0.15, 0.2) is 11.5 Å². The number of hydrogen-bond donors (Lipinski definition) is 2. The molecule has 2 N–H and O–H groups in total. The molecule has 6 heteroatoms. The molecule has 2 aliphatic rings. The fourth-order valence-electron chi connectivity index (χ4n) is 3.94. The summed E-state index contributed by atoms with van der Waals surface area (Å²) in [6, 6.07) is 14.9. The second-order valence-electron chi connectivity index (χ2n) is 7.97. The molecule has 1 atom stereocenters. The lowest BCUT2D eigenvalue weighted by molar-refractivity contribution is -0.116. The molecule has 2 aromatic carbocycles. The largest absolute Gasteiger partial charge is 0.486 e. The van der Waals surface area contributed by atoms with E-state index in [1.165, 1.54) is 19.3 Å². The van der Waals surface area contributed by atoms with Crippen LogP contribution in [0.5, 0.6) is 11.5 Å². The van der Waals surface area contributed by atoms with Crippen LogP contribution >= 0.6 is 0 Å². The predicted molar refractivity (Wildman–Crippen MR) is 115 cm³/mol. The van der Waals surface area contributed by atoms with Crippen molar-refractivity contribution in [2.75, 3.05) is 11.9 Å². The molecule has 158 valence electrons. The minimum atomic E-state index is -0.142. The summed E-state index contributed by atoms with van der Waals surface area (Å²) in [6.45, 7) is 0.440. The Morgan fingerprint density at radius 2 is 1.67 bits per heavy atom. The van der Waals surface area contributed by atoms with Gasteiger partial charge >= 0.3 is 0 Å². The standard InChI is InChI=1S/C24H28N2O4/c27-23(15-14-20-16-29-21-8-4-5-9-22(21)30-20)25-19-12-10-17(11-13-19)24(28)26-18-6-2-1-3-7-18/h4-5,8-13,18,20H,1-3,6-7,14-16H2,(H,25,27)(H,26,28)/t20-/m0/s1. The Hall–Kier alpha value is -3.02. The molecule has 0 saturated heterocycles. The zero-order chi connectivity index (χ0) is 20.8. The highest BCUT2D eigenvalue weighted by atomic mass is 16.6. The van der Waals surface area contributed by atoms with E-state index in [-0.39, 0.29) is 24.0 Å². The predicted octanol–water partition coefficient (Wildman–Crippen LogP) is 4.31. The SMILES string of the molecule is O=C(CC[C@H]1COc2ccccc2O1)Nc1ccc(C(=O)NC2CCCCC2)cc1. The summed E-state index contributed by atoms with van der Waals surface area (Å²) >= 11 is 0.